The molecule has 1 atom stereocenters. The number of hydrogen-bond acceptors (Lipinski definition) is 2. The Bertz CT molecular complexity index is 271. The molecule has 1 saturated heterocycles. The monoisotopic (exact) mass is 242 g/mol. The highest BCUT2D eigenvalue weighted by molar-refractivity contribution is 5.82. The molecule has 5 nitrogen and oxygen atoms in total. The van der Waals surface area contributed by atoms with Crippen LogP contribution in [-0.2, 0) is 4.79 Å². The lowest BCUT2D eigenvalue weighted by Crippen LogP contribution is -2.50. The number of amides is 2. The van der Waals surface area contributed by atoms with Crippen LogP contribution in [0.1, 0.15) is 39.5 Å². The molecule has 0 unspecified atom stereocenters. The molecule has 0 spiro atoms. The van der Waals surface area contributed by atoms with E-state index in [1.54, 1.807) is 18.7 Å². The molecule has 98 valence electrons. The predicted molar refractivity (Wildman–Crippen MR) is 64.8 cm³/mol. The quantitative estimate of drug-likeness (QED) is 0.791. The molecule has 2 amide bonds. The van der Waals surface area contributed by atoms with Gasteiger partial charge in [0.05, 0.1) is 0 Å². The number of urea groups is 1. The fourth-order valence-corrected chi connectivity index (χ4v) is 2.01. The molecule has 1 aliphatic rings. The van der Waals surface area contributed by atoms with Gasteiger partial charge in [0.25, 0.3) is 0 Å². The van der Waals surface area contributed by atoms with E-state index >= 15 is 0 Å². The third-order valence-electron chi connectivity index (χ3n) is 3.10. The summed E-state index contributed by atoms with van der Waals surface area (Å²) in [6.45, 7) is 5.05. The molecular weight excluding hydrogens is 220 g/mol. The number of carboxylic acid groups (broad SMARTS) is 1. The van der Waals surface area contributed by atoms with E-state index in [2.05, 4.69) is 5.32 Å². The lowest BCUT2D eigenvalue weighted by Gasteiger charge is -2.25. The number of hydrogen-bond donors (Lipinski definition) is 2. The standard InChI is InChI=1S/C12H22N2O3/c1-9(2)10(11(15)16)13-12(17)14-7-5-3-4-6-8-14/h9-10H,3-8H2,1-2H3,(H,13,17)(H,15,16)/t10-/m0/s1. The summed E-state index contributed by atoms with van der Waals surface area (Å²) in [4.78, 5) is 24.6. The number of nitrogens with zero attached hydrogens (tertiary/aromatic N) is 1. The predicted octanol–water partition coefficient (Wildman–Crippen LogP) is 1.68. The molecule has 0 bridgehead atoms. The van der Waals surface area contributed by atoms with Gasteiger partial charge in [-0.2, -0.15) is 0 Å². The van der Waals surface area contributed by atoms with E-state index in [1.807, 2.05) is 0 Å². The molecule has 1 aliphatic heterocycles. The number of nitrogens with one attached hydrogen (secondary N) is 1. The van der Waals surface area contributed by atoms with Crippen molar-refractivity contribution >= 4 is 12.0 Å². The van der Waals surface area contributed by atoms with Gasteiger partial charge in [-0.15, -0.1) is 0 Å². The van der Waals surface area contributed by atoms with Crippen molar-refractivity contribution in [2.45, 2.75) is 45.6 Å². The zero-order chi connectivity index (χ0) is 12.8. The summed E-state index contributed by atoms with van der Waals surface area (Å²) in [6.07, 6.45) is 4.31. The Balaban J connectivity index is 2.53. The Morgan fingerprint density at radius 2 is 1.65 bits per heavy atom. The molecule has 0 saturated carbocycles. The van der Waals surface area contributed by atoms with Gasteiger partial charge in [0.1, 0.15) is 6.04 Å². The Morgan fingerprint density at radius 3 is 2.06 bits per heavy atom. The van der Waals surface area contributed by atoms with E-state index in [9.17, 15) is 9.59 Å². The molecule has 1 rings (SSSR count). The summed E-state index contributed by atoms with van der Waals surface area (Å²) in [7, 11) is 0. The SMILES string of the molecule is CC(C)[C@H](NC(=O)N1CCCCCC1)C(=O)O. The molecule has 1 fully saturated rings. The Hall–Kier alpha value is -1.26. The fourth-order valence-electron chi connectivity index (χ4n) is 2.01. The van der Waals surface area contributed by atoms with Crippen molar-refractivity contribution in [3.8, 4) is 0 Å². The highest BCUT2D eigenvalue weighted by Crippen LogP contribution is 2.10. The molecule has 1 heterocycles. The Kier molecular flexibility index (Phi) is 5.25. The number of carboxylic acids is 1. The van der Waals surface area contributed by atoms with Crippen LogP contribution in [0, 0.1) is 5.92 Å². The lowest BCUT2D eigenvalue weighted by molar-refractivity contribution is -0.140. The van der Waals surface area contributed by atoms with Crippen LogP contribution in [0.4, 0.5) is 4.79 Å². The highest BCUT2D eigenvalue weighted by atomic mass is 16.4. The van der Waals surface area contributed by atoms with Gasteiger partial charge in [-0.05, 0) is 18.8 Å². The number of carbonyl (C=O) groups excluding carboxylic acids is 1. The topological polar surface area (TPSA) is 69.6 Å². The van der Waals surface area contributed by atoms with Gasteiger partial charge in [-0.3, -0.25) is 0 Å². The van der Waals surface area contributed by atoms with Gasteiger partial charge >= 0.3 is 12.0 Å². The first kappa shape index (κ1) is 13.8. The van der Waals surface area contributed by atoms with Crippen LogP contribution >= 0.6 is 0 Å². The maximum Gasteiger partial charge on any atom is 0.326 e. The van der Waals surface area contributed by atoms with E-state index < -0.39 is 12.0 Å². The van der Waals surface area contributed by atoms with Gasteiger partial charge in [0, 0.05) is 13.1 Å². The van der Waals surface area contributed by atoms with Crippen molar-refractivity contribution in [1.29, 1.82) is 0 Å². The normalized spacial score (nSPS) is 18.6. The summed E-state index contributed by atoms with van der Waals surface area (Å²) in [6, 6.07) is -1.04. The second-order valence-corrected chi connectivity index (χ2v) is 4.91. The van der Waals surface area contributed by atoms with Crippen molar-refractivity contribution in [1.82, 2.24) is 10.2 Å². The van der Waals surface area contributed by atoms with E-state index in [1.165, 1.54) is 0 Å². The Labute approximate surface area is 102 Å². The molecule has 0 aromatic carbocycles. The van der Waals surface area contributed by atoms with Gasteiger partial charge in [-0.25, -0.2) is 9.59 Å². The minimum Gasteiger partial charge on any atom is -0.480 e. The second kappa shape index (κ2) is 6.47. The Morgan fingerprint density at radius 1 is 1.12 bits per heavy atom. The number of carbonyl (C=O) groups is 2. The van der Waals surface area contributed by atoms with Crippen LogP contribution in [0.3, 0.4) is 0 Å². The van der Waals surface area contributed by atoms with E-state index in [-0.39, 0.29) is 11.9 Å². The maximum atomic E-state index is 11.9. The van der Waals surface area contributed by atoms with Crippen molar-refractivity contribution in [3.63, 3.8) is 0 Å². The smallest absolute Gasteiger partial charge is 0.326 e. The number of aliphatic carboxylic acids is 1. The molecule has 0 aromatic heterocycles. The van der Waals surface area contributed by atoms with Crippen molar-refractivity contribution in [2.75, 3.05) is 13.1 Å². The first-order valence-corrected chi connectivity index (χ1v) is 6.30. The minimum absolute atomic E-state index is 0.108. The van der Waals surface area contributed by atoms with Gasteiger partial charge in [-0.1, -0.05) is 26.7 Å². The van der Waals surface area contributed by atoms with Crippen LogP contribution in [0.2, 0.25) is 0 Å². The first-order chi connectivity index (χ1) is 8.02. The second-order valence-electron chi connectivity index (χ2n) is 4.91. The van der Waals surface area contributed by atoms with Gasteiger partial charge in [0.15, 0.2) is 0 Å². The highest BCUT2D eigenvalue weighted by Gasteiger charge is 2.26. The summed E-state index contributed by atoms with van der Waals surface area (Å²) < 4.78 is 0. The molecule has 2 N–H and O–H groups in total. The molecular formula is C12H22N2O3. The average molecular weight is 242 g/mol. The van der Waals surface area contributed by atoms with Crippen LogP contribution in [-0.4, -0.2) is 41.1 Å². The first-order valence-electron chi connectivity index (χ1n) is 6.30. The van der Waals surface area contributed by atoms with Crippen molar-refractivity contribution in [3.05, 3.63) is 0 Å². The summed E-state index contributed by atoms with van der Waals surface area (Å²) in [5, 5.41) is 11.6. The van der Waals surface area contributed by atoms with Gasteiger partial charge < -0.3 is 15.3 Å². The zero-order valence-corrected chi connectivity index (χ0v) is 10.6. The van der Waals surface area contributed by atoms with E-state index in [4.69, 9.17) is 5.11 Å². The minimum atomic E-state index is -0.969. The third-order valence-corrected chi connectivity index (χ3v) is 3.10. The summed E-state index contributed by atoms with van der Waals surface area (Å²) >= 11 is 0. The molecule has 0 aliphatic carbocycles. The van der Waals surface area contributed by atoms with Crippen LogP contribution in [0.25, 0.3) is 0 Å². The summed E-state index contributed by atoms with van der Waals surface area (Å²) in [5.41, 5.74) is 0. The van der Waals surface area contributed by atoms with Crippen molar-refractivity contribution in [2.24, 2.45) is 5.92 Å². The third kappa shape index (κ3) is 4.24. The largest absolute Gasteiger partial charge is 0.480 e. The average Bonchev–Trinajstić information content (AvgIpc) is 2.52. The maximum absolute atomic E-state index is 11.9. The van der Waals surface area contributed by atoms with Crippen molar-refractivity contribution < 1.29 is 14.7 Å². The van der Waals surface area contributed by atoms with Crippen LogP contribution in [0.5, 0.6) is 0 Å². The van der Waals surface area contributed by atoms with E-state index in [0.29, 0.717) is 0 Å². The number of rotatable bonds is 3. The van der Waals surface area contributed by atoms with Crippen LogP contribution in [0.15, 0.2) is 0 Å². The van der Waals surface area contributed by atoms with Crippen LogP contribution < -0.4 is 5.32 Å². The summed E-state index contributed by atoms with van der Waals surface area (Å²) in [5.74, 6) is -1.08. The molecule has 0 aromatic rings. The lowest BCUT2D eigenvalue weighted by atomic mass is 10.1. The zero-order valence-electron chi connectivity index (χ0n) is 10.6. The van der Waals surface area contributed by atoms with Gasteiger partial charge in [0.2, 0.25) is 0 Å². The molecule has 5 heteroatoms. The fraction of sp³-hybridized carbons (Fsp3) is 0.833. The van der Waals surface area contributed by atoms with E-state index in [0.717, 1.165) is 38.8 Å². The number of likely N-dealkylation sites (tertiary alicyclic amines) is 1. The molecule has 0 radical (unpaired) electrons. The molecule has 17 heavy (non-hydrogen) atoms.